The molecule has 1 saturated carbocycles. The van der Waals surface area contributed by atoms with Crippen LogP contribution in [0.3, 0.4) is 0 Å². The Kier molecular flexibility index (Phi) is 3.50. The molecule has 1 aliphatic rings. The van der Waals surface area contributed by atoms with E-state index < -0.39 is 5.97 Å². The molecule has 1 heterocycles. The first-order chi connectivity index (χ1) is 8.56. The second-order valence-corrected chi connectivity index (χ2v) is 4.33. The molecule has 1 aromatic heterocycles. The molecule has 18 heavy (non-hydrogen) atoms. The second kappa shape index (κ2) is 5.07. The van der Waals surface area contributed by atoms with Crippen molar-refractivity contribution >= 4 is 17.7 Å². The highest BCUT2D eigenvalue weighted by molar-refractivity contribution is 5.80. The van der Waals surface area contributed by atoms with Gasteiger partial charge in [0.1, 0.15) is 12.4 Å². The number of nitrogen functional groups attached to an aromatic ring is 1. The van der Waals surface area contributed by atoms with Crippen molar-refractivity contribution < 1.29 is 14.3 Å². The Labute approximate surface area is 104 Å². The average molecular weight is 252 g/mol. The zero-order valence-electron chi connectivity index (χ0n) is 10.2. The third-order valence-electron chi connectivity index (χ3n) is 2.80. The molecule has 0 aliphatic heterocycles. The molecule has 2 rings (SSSR count). The minimum Gasteiger partial charge on any atom is -0.454 e. The van der Waals surface area contributed by atoms with E-state index in [-0.39, 0.29) is 19.1 Å². The van der Waals surface area contributed by atoms with Gasteiger partial charge in [-0.3, -0.25) is 14.3 Å². The summed E-state index contributed by atoms with van der Waals surface area (Å²) in [5.41, 5.74) is 5.41. The summed E-state index contributed by atoms with van der Waals surface area (Å²) in [6.07, 6.45) is 3.64. The van der Waals surface area contributed by atoms with Gasteiger partial charge in [0.05, 0.1) is 0 Å². The average Bonchev–Trinajstić information content (AvgIpc) is 3.10. The summed E-state index contributed by atoms with van der Waals surface area (Å²) in [7, 11) is 1.72. The first-order valence-electron chi connectivity index (χ1n) is 5.76. The highest BCUT2D eigenvalue weighted by Crippen LogP contribution is 2.25. The third-order valence-corrected chi connectivity index (χ3v) is 2.80. The molecule has 7 nitrogen and oxygen atoms in total. The van der Waals surface area contributed by atoms with Crippen molar-refractivity contribution in [3.05, 3.63) is 12.3 Å². The number of rotatable bonds is 5. The number of ether oxygens (including phenoxy) is 1. The molecule has 1 aromatic rings. The molecule has 98 valence electrons. The molecular weight excluding hydrogens is 236 g/mol. The molecule has 7 heteroatoms. The van der Waals surface area contributed by atoms with Gasteiger partial charge in [-0.2, -0.15) is 5.10 Å². The molecule has 2 N–H and O–H groups in total. The summed E-state index contributed by atoms with van der Waals surface area (Å²) in [5, 5.41) is 3.85. The Morgan fingerprint density at radius 1 is 1.61 bits per heavy atom. The van der Waals surface area contributed by atoms with Crippen LogP contribution in [-0.4, -0.2) is 46.3 Å². The van der Waals surface area contributed by atoms with E-state index in [9.17, 15) is 9.59 Å². The maximum absolute atomic E-state index is 11.6. The van der Waals surface area contributed by atoms with Crippen molar-refractivity contribution in [1.29, 1.82) is 0 Å². The zero-order chi connectivity index (χ0) is 13.1. The second-order valence-electron chi connectivity index (χ2n) is 4.33. The van der Waals surface area contributed by atoms with Crippen LogP contribution in [0.5, 0.6) is 0 Å². The van der Waals surface area contributed by atoms with Crippen LogP contribution in [0, 0.1) is 0 Å². The Bertz CT molecular complexity index is 453. The number of likely N-dealkylation sites (N-methyl/N-ethyl adjacent to an activating group) is 1. The highest BCUT2D eigenvalue weighted by atomic mass is 16.5. The predicted molar refractivity (Wildman–Crippen MR) is 63.4 cm³/mol. The first kappa shape index (κ1) is 12.4. The van der Waals surface area contributed by atoms with E-state index >= 15 is 0 Å². The molecule has 1 aliphatic carbocycles. The van der Waals surface area contributed by atoms with E-state index in [1.807, 2.05) is 0 Å². The number of hydrogen-bond donors (Lipinski definition) is 1. The topological polar surface area (TPSA) is 90.5 Å². The largest absolute Gasteiger partial charge is 0.454 e. The maximum atomic E-state index is 11.6. The van der Waals surface area contributed by atoms with Gasteiger partial charge in [0.2, 0.25) is 0 Å². The summed E-state index contributed by atoms with van der Waals surface area (Å²) in [6.45, 7) is -0.264. The Morgan fingerprint density at radius 2 is 2.33 bits per heavy atom. The Morgan fingerprint density at radius 3 is 2.89 bits per heavy atom. The van der Waals surface area contributed by atoms with Crippen LogP contribution in [0.15, 0.2) is 12.3 Å². The minimum absolute atomic E-state index is 0.0440. The number of aromatic nitrogens is 2. The lowest BCUT2D eigenvalue weighted by molar-refractivity contribution is -0.152. The van der Waals surface area contributed by atoms with Crippen LogP contribution < -0.4 is 5.73 Å². The normalized spacial score (nSPS) is 14.3. The van der Waals surface area contributed by atoms with Gasteiger partial charge in [-0.05, 0) is 18.9 Å². The Balaban J connectivity index is 1.72. The number of anilines is 1. The Hall–Kier alpha value is -2.05. The monoisotopic (exact) mass is 252 g/mol. The van der Waals surface area contributed by atoms with Crippen LogP contribution in [0.4, 0.5) is 5.82 Å². The fraction of sp³-hybridized carbons (Fsp3) is 0.545. The van der Waals surface area contributed by atoms with Gasteiger partial charge >= 0.3 is 5.97 Å². The molecule has 0 atom stereocenters. The van der Waals surface area contributed by atoms with Crippen LogP contribution in [0.25, 0.3) is 0 Å². The first-order valence-corrected chi connectivity index (χ1v) is 5.76. The summed E-state index contributed by atoms with van der Waals surface area (Å²) >= 11 is 0. The lowest BCUT2D eigenvalue weighted by Gasteiger charge is -2.15. The smallest absolute Gasteiger partial charge is 0.328 e. The van der Waals surface area contributed by atoms with Gasteiger partial charge in [-0.25, -0.2) is 0 Å². The lowest BCUT2D eigenvalue weighted by atomic mass is 10.5. The van der Waals surface area contributed by atoms with E-state index in [0.717, 1.165) is 12.8 Å². The maximum Gasteiger partial charge on any atom is 0.328 e. The van der Waals surface area contributed by atoms with Crippen LogP contribution >= 0.6 is 0 Å². The molecule has 0 spiro atoms. The number of nitrogens with zero attached hydrogens (tertiary/aromatic N) is 3. The van der Waals surface area contributed by atoms with Gasteiger partial charge in [0.25, 0.3) is 5.91 Å². The third kappa shape index (κ3) is 3.22. The van der Waals surface area contributed by atoms with E-state index in [4.69, 9.17) is 10.5 Å². The fourth-order valence-electron chi connectivity index (χ4n) is 1.55. The van der Waals surface area contributed by atoms with E-state index in [2.05, 4.69) is 5.10 Å². The van der Waals surface area contributed by atoms with Gasteiger partial charge < -0.3 is 15.4 Å². The van der Waals surface area contributed by atoms with E-state index in [1.165, 1.54) is 4.68 Å². The number of carbonyl (C=O) groups is 2. The number of nitrogens with two attached hydrogens (primary N) is 1. The number of amides is 1. The van der Waals surface area contributed by atoms with Crippen LogP contribution in [-0.2, 0) is 20.9 Å². The zero-order valence-corrected chi connectivity index (χ0v) is 10.2. The molecule has 1 amide bonds. The molecule has 0 unspecified atom stereocenters. The van der Waals surface area contributed by atoms with Crippen molar-refractivity contribution in [3.8, 4) is 0 Å². The van der Waals surface area contributed by atoms with Crippen molar-refractivity contribution in [2.45, 2.75) is 25.4 Å². The predicted octanol–water partition coefficient (Wildman–Crippen LogP) is -0.371. The van der Waals surface area contributed by atoms with Gasteiger partial charge in [0.15, 0.2) is 6.61 Å². The number of hydrogen-bond acceptors (Lipinski definition) is 5. The van der Waals surface area contributed by atoms with Gasteiger partial charge in [-0.15, -0.1) is 0 Å². The minimum atomic E-state index is -0.504. The SMILES string of the molecule is CN(C(=O)COC(=O)Cn1ccc(N)n1)C1CC1. The molecule has 0 aromatic carbocycles. The van der Waals surface area contributed by atoms with Gasteiger partial charge in [0, 0.05) is 19.3 Å². The van der Waals surface area contributed by atoms with Crippen molar-refractivity contribution in [2.75, 3.05) is 19.4 Å². The van der Waals surface area contributed by atoms with Crippen molar-refractivity contribution in [2.24, 2.45) is 0 Å². The molecule has 1 fully saturated rings. The quantitative estimate of drug-likeness (QED) is 0.722. The lowest BCUT2D eigenvalue weighted by Crippen LogP contribution is -2.33. The number of esters is 1. The number of carbonyl (C=O) groups excluding carboxylic acids is 2. The molecule has 0 radical (unpaired) electrons. The van der Waals surface area contributed by atoms with E-state index in [1.54, 1.807) is 24.2 Å². The standard InChI is InChI=1S/C11H16N4O3/c1-14(8-2-3-8)10(16)7-18-11(17)6-15-5-4-9(12)13-15/h4-5,8H,2-3,6-7H2,1H3,(H2,12,13). The summed E-state index contributed by atoms with van der Waals surface area (Å²) in [5.74, 6) is -0.339. The summed E-state index contributed by atoms with van der Waals surface area (Å²) in [4.78, 5) is 24.7. The molecule has 0 saturated heterocycles. The highest BCUT2D eigenvalue weighted by Gasteiger charge is 2.29. The summed E-state index contributed by atoms with van der Waals surface area (Å²) < 4.78 is 6.25. The van der Waals surface area contributed by atoms with Crippen LogP contribution in [0.1, 0.15) is 12.8 Å². The van der Waals surface area contributed by atoms with Crippen molar-refractivity contribution in [1.82, 2.24) is 14.7 Å². The fourth-order valence-corrected chi connectivity index (χ4v) is 1.55. The van der Waals surface area contributed by atoms with E-state index in [0.29, 0.717) is 11.9 Å². The summed E-state index contributed by atoms with van der Waals surface area (Å²) in [6, 6.07) is 1.90. The molecule has 0 bridgehead atoms. The van der Waals surface area contributed by atoms with Crippen LogP contribution in [0.2, 0.25) is 0 Å². The van der Waals surface area contributed by atoms with Gasteiger partial charge in [-0.1, -0.05) is 0 Å². The van der Waals surface area contributed by atoms with Crippen molar-refractivity contribution in [3.63, 3.8) is 0 Å². The molecular formula is C11H16N4O3.